The van der Waals surface area contributed by atoms with E-state index >= 15 is 0 Å². The Labute approximate surface area is 259 Å². The van der Waals surface area contributed by atoms with Crippen LogP contribution in [0, 0.1) is 0 Å². The van der Waals surface area contributed by atoms with Crippen LogP contribution in [-0.4, -0.2) is 0 Å². The number of fused-ring (bicyclic) bond motifs is 3. The number of rotatable bonds is 3. The van der Waals surface area contributed by atoms with Crippen molar-refractivity contribution >= 4 is 65.0 Å². The number of hydrogen-bond donors (Lipinski definition) is 0. The Hall–Kier alpha value is -5.92. The minimum Gasteiger partial charge on any atom is -0.456 e. The van der Waals surface area contributed by atoms with E-state index in [-0.39, 0.29) is 0 Å². The van der Waals surface area contributed by atoms with Crippen molar-refractivity contribution in [3.63, 3.8) is 0 Å². The van der Waals surface area contributed by atoms with Crippen LogP contribution in [0.15, 0.2) is 162 Å². The number of furan rings is 1. The summed E-state index contributed by atoms with van der Waals surface area (Å²) in [6.07, 6.45) is 0. The fourth-order valence-electron chi connectivity index (χ4n) is 7.69. The molecule has 0 aliphatic heterocycles. The fourth-order valence-corrected chi connectivity index (χ4v) is 7.69. The van der Waals surface area contributed by atoms with E-state index < -0.39 is 0 Å². The molecule has 0 bridgehead atoms. The largest absolute Gasteiger partial charge is 0.456 e. The minimum atomic E-state index is 0.946. The third-order valence-corrected chi connectivity index (χ3v) is 9.64. The van der Waals surface area contributed by atoms with Crippen LogP contribution in [0.3, 0.4) is 0 Å². The highest BCUT2D eigenvalue weighted by molar-refractivity contribution is 6.25. The Kier molecular flexibility index (Phi) is 5.06. The molecule has 0 aliphatic rings. The summed E-state index contributed by atoms with van der Waals surface area (Å²) in [5.74, 6) is 0. The van der Waals surface area contributed by atoms with Gasteiger partial charge in [0.15, 0.2) is 0 Å². The van der Waals surface area contributed by atoms with Crippen molar-refractivity contribution in [3.8, 4) is 33.4 Å². The molecule has 1 nitrogen and oxygen atoms in total. The monoisotopic (exact) mass is 570 g/mol. The molecule has 0 fully saturated rings. The topological polar surface area (TPSA) is 13.1 Å². The molecule has 9 aromatic carbocycles. The molecule has 10 aromatic rings. The van der Waals surface area contributed by atoms with Crippen LogP contribution < -0.4 is 0 Å². The van der Waals surface area contributed by atoms with Gasteiger partial charge in [0.1, 0.15) is 11.2 Å². The Morgan fingerprint density at radius 3 is 1.62 bits per heavy atom. The lowest BCUT2D eigenvalue weighted by atomic mass is 9.84. The predicted molar refractivity (Wildman–Crippen MR) is 191 cm³/mol. The highest BCUT2D eigenvalue weighted by Crippen LogP contribution is 2.46. The Morgan fingerprint density at radius 1 is 0.289 bits per heavy atom. The molecule has 0 saturated heterocycles. The van der Waals surface area contributed by atoms with Gasteiger partial charge in [-0.2, -0.15) is 0 Å². The summed E-state index contributed by atoms with van der Waals surface area (Å²) in [5, 5.41) is 12.5. The average molecular weight is 571 g/mol. The third kappa shape index (κ3) is 3.50. The summed E-state index contributed by atoms with van der Waals surface area (Å²) >= 11 is 0. The van der Waals surface area contributed by atoms with Gasteiger partial charge in [0.2, 0.25) is 0 Å². The van der Waals surface area contributed by atoms with Gasteiger partial charge >= 0.3 is 0 Å². The number of benzene rings is 9. The van der Waals surface area contributed by atoms with E-state index in [1.54, 1.807) is 0 Å². The zero-order valence-electron chi connectivity index (χ0n) is 24.4. The molecule has 0 atom stereocenters. The molecular weight excluding hydrogens is 544 g/mol. The summed E-state index contributed by atoms with van der Waals surface area (Å²) in [4.78, 5) is 0. The molecule has 0 aliphatic carbocycles. The first-order chi connectivity index (χ1) is 22.3. The summed E-state index contributed by atoms with van der Waals surface area (Å²) in [7, 11) is 0. The molecule has 10 rings (SSSR count). The molecule has 208 valence electrons. The Balaban J connectivity index is 1.19. The SMILES string of the molecule is c1ccc2c(-c3c4ccccc4c(-c4ccc(-c5ccc6oc7cccc8ccc5c6c87)cc4)c4ccccc34)cccc2c1. The van der Waals surface area contributed by atoms with Gasteiger partial charge in [-0.25, -0.2) is 0 Å². The Bertz CT molecular complexity index is 2680. The third-order valence-electron chi connectivity index (χ3n) is 9.64. The summed E-state index contributed by atoms with van der Waals surface area (Å²) in [6.45, 7) is 0. The smallest absolute Gasteiger partial charge is 0.136 e. The maximum atomic E-state index is 6.23. The Morgan fingerprint density at radius 2 is 0.867 bits per heavy atom. The van der Waals surface area contributed by atoms with Crippen LogP contribution in [0.25, 0.3) is 98.4 Å². The second-order valence-electron chi connectivity index (χ2n) is 12.0. The van der Waals surface area contributed by atoms with Crippen molar-refractivity contribution in [1.29, 1.82) is 0 Å². The second-order valence-corrected chi connectivity index (χ2v) is 12.0. The van der Waals surface area contributed by atoms with Crippen molar-refractivity contribution < 1.29 is 4.42 Å². The van der Waals surface area contributed by atoms with Gasteiger partial charge in [-0.05, 0) is 88.6 Å². The first-order valence-corrected chi connectivity index (χ1v) is 15.5. The molecule has 0 saturated carbocycles. The highest BCUT2D eigenvalue weighted by atomic mass is 16.3. The van der Waals surface area contributed by atoms with Crippen LogP contribution in [0.4, 0.5) is 0 Å². The lowest BCUT2D eigenvalue weighted by Crippen LogP contribution is -1.91. The first-order valence-electron chi connectivity index (χ1n) is 15.5. The van der Waals surface area contributed by atoms with Gasteiger partial charge in [-0.3, -0.25) is 0 Å². The van der Waals surface area contributed by atoms with Crippen molar-refractivity contribution in [2.45, 2.75) is 0 Å². The summed E-state index contributed by atoms with van der Waals surface area (Å²) in [6, 6.07) is 57.4. The zero-order chi connectivity index (χ0) is 29.5. The molecule has 1 aromatic heterocycles. The van der Waals surface area contributed by atoms with Crippen LogP contribution >= 0.6 is 0 Å². The van der Waals surface area contributed by atoms with Crippen LogP contribution in [0.2, 0.25) is 0 Å². The second kappa shape index (κ2) is 9.29. The predicted octanol–water partition coefficient (Wildman–Crippen LogP) is 12.6. The van der Waals surface area contributed by atoms with E-state index in [4.69, 9.17) is 4.42 Å². The highest BCUT2D eigenvalue weighted by Gasteiger charge is 2.19. The quantitative estimate of drug-likeness (QED) is 0.152. The van der Waals surface area contributed by atoms with E-state index in [9.17, 15) is 0 Å². The number of hydrogen-bond acceptors (Lipinski definition) is 1. The molecule has 0 amide bonds. The van der Waals surface area contributed by atoms with Crippen molar-refractivity contribution in [2.24, 2.45) is 0 Å². The first kappa shape index (κ1) is 24.5. The standard InChI is InChI=1S/C44H26O/c1-2-12-31-27(9-1)10-7-17-33(31)43-36-15-5-3-13-34(36)41(35-14-4-6-16-37(35)43)30-21-19-28(20-22-30)32-25-26-40-44-38(32)24-23-29-11-8-18-39(45-40)42(29)44/h1-26H. The lowest BCUT2D eigenvalue weighted by molar-refractivity contribution is 0.669. The normalized spacial score (nSPS) is 12.0. The van der Waals surface area contributed by atoms with Gasteiger partial charge in [0.05, 0.1) is 0 Å². The van der Waals surface area contributed by atoms with Crippen molar-refractivity contribution in [3.05, 3.63) is 158 Å². The molecule has 0 spiro atoms. The maximum Gasteiger partial charge on any atom is 0.136 e. The van der Waals surface area contributed by atoms with Crippen LogP contribution in [0.5, 0.6) is 0 Å². The molecule has 1 heterocycles. The van der Waals surface area contributed by atoms with Gasteiger partial charge in [0.25, 0.3) is 0 Å². The van der Waals surface area contributed by atoms with Crippen molar-refractivity contribution in [2.75, 3.05) is 0 Å². The molecular formula is C44H26O. The molecule has 45 heavy (non-hydrogen) atoms. The van der Waals surface area contributed by atoms with Crippen LogP contribution in [0.1, 0.15) is 0 Å². The van der Waals surface area contributed by atoms with Crippen LogP contribution in [-0.2, 0) is 0 Å². The van der Waals surface area contributed by atoms with Gasteiger partial charge in [0, 0.05) is 10.8 Å². The fraction of sp³-hybridized carbons (Fsp3) is 0. The maximum absolute atomic E-state index is 6.23. The molecule has 0 radical (unpaired) electrons. The van der Waals surface area contributed by atoms with E-state index in [0.717, 1.165) is 11.2 Å². The molecule has 0 N–H and O–H groups in total. The average Bonchev–Trinajstić information content (AvgIpc) is 3.49. The van der Waals surface area contributed by atoms with Gasteiger partial charge < -0.3 is 4.42 Å². The zero-order valence-corrected chi connectivity index (χ0v) is 24.4. The van der Waals surface area contributed by atoms with E-state index in [1.165, 1.54) is 87.2 Å². The van der Waals surface area contributed by atoms with E-state index in [2.05, 4.69) is 158 Å². The van der Waals surface area contributed by atoms with Gasteiger partial charge in [-0.1, -0.05) is 146 Å². The minimum absolute atomic E-state index is 0.946. The van der Waals surface area contributed by atoms with E-state index in [0.29, 0.717) is 0 Å². The summed E-state index contributed by atoms with van der Waals surface area (Å²) in [5.41, 5.74) is 9.39. The summed E-state index contributed by atoms with van der Waals surface area (Å²) < 4.78 is 6.23. The van der Waals surface area contributed by atoms with Crippen molar-refractivity contribution in [1.82, 2.24) is 0 Å². The molecule has 0 unspecified atom stereocenters. The molecule has 1 heteroatoms. The lowest BCUT2D eigenvalue weighted by Gasteiger charge is -2.19. The van der Waals surface area contributed by atoms with E-state index in [1.807, 2.05) is 0 Å². The van der Waals surface area contributed by atoms with Gasteiger partial charge in [-0.15, -0.1) is 0 Å².